The minimum atomic E-state index is -1.20. The maximum atomic E-state index is 14.7. The molecular formula is C17H19BClFN2O3. The fourth-order valence-electron chi connectivity index (χ4n) is 2.51. The number of aryl methyl sites for hydroxylation is 1. The number of nitrogens with zero attached hydrogens (tertiary/aromatic N) is 2. The molecule has 0 unspecified atom stereocenters. The molecule has 0 saturated carbocycles. The van der Waals surface area contributed by atoms with Crippen LogP contribution in [0.4, 0.5) is 4.39 Å². The first-order chi connectivity index (χ1) is 11.5. The van der Waals surface area contributed by atoms with Crippen LogP contribution < -0.4 is 5.56 Å². The maximum Gasteiger partial charge on any atom is 0.525 e. The second kappa shape index (κ2) is 5.93. The summed E-state index contributed by atoms with van der Waals surface area (Å²) in [5.41, 5.74) is -1.32. The first kappa shape index (κ1) is 18.1. The molecule has 1 aliphatic rings. The Bertz CT molecular complexity index is 923. The fourth-order valence-corrected chi connectivity index (χ4v) is 2.74. The normalized spacial score (nSPS) is 19.6. The van der Waals surface area contributed by atoms with Crippen molar-refractivity contribution in [2.75, 3.05) is 0 Å². The van der Waals surface area contributed by atoms with Crippen LogP contribution in [0.3, 0.4) is 0 Å². The quantitative estimate of drug-likeness (QED) is 0.603. The van der Waals surface area contributed by atoms with Crippen LogP contribution in [0, 0.1) is 6.92 Å². The van der Waals surface area contributed by atoms with Gasteiger partial charge in [0.15, 0.2) is 0 Å². The van der Waals surface area contributed by atoms with Crippen LogP contribution in [0.25, 0.3) is 11.7 Å². The van der Waals surface area contributed by atoms with E-state index in [4.69, 9.17) is 20.9 Å². The summed E-state index contributed by atoms with van der Waals surface area (Å²) in [5, 5.41) is -0.0690. The van der Waals surface area contributed by atoms with Crippen molar-refractivity contribution in [3.05, 3.63) is 50.7 Å². The van der Waals surface area contributed by atoms with Crippen molar-refractivity contribution >= 4 is 30.4 Å². The van der Waals surface area contributed by atoms with E-state index in [-0.39, 0.29) is 10.7 Å². The predicted molar refractivity (Wildman–Crippen MR) is 96.4 cm³/mol. The van der Waals surface area contributed by atoms with E-state index in [0.29, 0.717) is 5.65 Å². The number of hydrogen-bond donors (Lipinski definition) is 0. The van der Waals surface area contributed by atoms with Crippen molar-refractivity contribution < 1.29 is 13.7 Å². The van der Waals surface area contributed by atoms with E-state index in [2.05, 4.69) is 4.98 Å². The van der Waals surface area contributed by atoms with E-state index >= 15 is 0 Å². The highest BCUT2D eigenvalue weighted by Crippen LogP contribution is 2.39. The second-order valence-electron chi connectivity index (χ2n) is 7.17. The van der Waals surface area contributed by atoms with E-state index in [1.165, 1.54) is 4.40 Å². The molecule has 2 aromatic heterocycles. The van der Waals surface area contributed by atoms with Crippen molar-refractivity contribution in [3.63, 3.8) is 0 Å². The van der Waals surface area contributed by atoms with E-state index in [9.17, 15) is 9.18 Å². The van der Waals surface area contributed by atoms with Crippen LogP contribution in [0.2, 0.25) is 5.15 Å². The number of hydrogen-bond acceptors (Lipinski definition) is 4. The van der Waals surface area contributed by atoms with Crippen molar-refractivity contribution in [3.8, 4) is 0 Å². The summed E-state index contributed by atoms with van der Waals surface area (Å²) in [7, 11) is -1.20. The van der Waals surface area contributed by atoms with Gasteiger partial charge in [-0.25, -0.2) is 9.37 Å². The Kier molecular flexibility index (Phi) is 4.30. The van der Waals surface area contributed by atoms with Crippen molar-refractivity contribution in [2.24, 2.45) is 0 Å². The van der Waals surface area contributed by atoms with E-state index in [1.54, 1.807) is 12.3 Å². The molecule has 0 bridgehead atoms. The Morgan fingerprint density at radius 1 is 1.28 bits per heavy atom. The lowest BCUT2D eigenvalue weighted by atomic mass is 9.87. The molecule has 0 atom stereocenters. The summed E-state index contributed by atoms with van der Waals surface area (Å²) < 4.78 is 27.3. The zero-order valence-corrected chi connectivity index (χ0v) is 15.5. The SMILES string of the molecule is Cc1ccc2nc(Cl)c(C=C(F)B3OC(C)(C)C(C)(C)O3)c(=O)n2c1. The lowest BCUT2D eigenvalue weighted by Gasteiger charge is -2.32. The van der Waals surface area contributed by atoms with Crippen LogP contribution in [0.5, 0.6) is 0 Å². The molecular weight excluding hydrogens is 345 g/mol. The summed E-state index contributed by atoms with van der Waals surface area (Å²) in [4.78, 5) is 16.8. The molecule has 132 valence electrons. The molecule has 8 heteroatoms. The van der Waals surface area contributed by atoms with E-state index in [0.717, 1.165) is 11.6 Å². The monoisotopic (exact) mass is 364 g/mol. The zero-order chi connectivity index (χ0) is 18.6. The summed E-state index contributed by atoms with van der Waals surface area (Å²) >= 11 is 6.09. The van der Waals surface area contributed by atoms with Gasteiger partial charge in [0, 0.05) is 6.20 Å². The van der Waals surface area contributed by atoms with Crippen molar-refractivity contribution in [2.45, 2.75) is 45.8 Å². The van der Waals surface area contributed by atoms with Gasteiger partial charge >= 0.3 is 7.12 Å². The van der Waals surface area contributed by atoms with Crippen molar-refractivity contribution in [1.82, 2.24) is 9.38 Å². The van der Waals surface area contributed by atoms with Crippen LogP contribution in [-0.2, 0) is 9.31 Å². The molecule has 3 rings (SSSR count). The maximum absolute atomic E-state index is 14.7. The average molecular weight is 365 g/mol. The molecule has 1 aliphatic heterocycles. The Morgan fingerprint density at radius 2 is 1.88 bits per heavy atom. The van der Waals surface area contributed by atoms with Crippen LogP contribution in [-0.4, -0.2) is 27.7 Å². The van der Waals surface area contributed by atoms with E-state index in [1.807, 2.05) is 40.7 Å². The third-order valence-corrected chi connectivity index (χ3v) is 5.01. The lowest BCUT2D eigenvalue weighted by molar-refractivity contribution is 0.00578. The fraction of sp³-hybridized carbons (Fsp3) is 0.412. The van der Waals surface area contributed by atoms with Crippen LogP contribution >= 0.6 is 11.6 Å². The molecule has 1 fully saturated rings. The highest BCUT2D eigenvalue weighted by Gasteiger charge is 2.53. The standard InChI is InChI=1S/C17H19BClFN2O3/c1-10-6-7-13-21-14(19)11(15(23)22(13)9-10)8-12(20)18-24-16(2,3)17(4,5)25-18/h6-9H,1-5H3. The smallest absolute Gasteiger partial charge is 0.398 e. The Labute approximate surface area is 150 Å². The molecule has 0 N–H and O–H groups in total. The molecule has 25 heavy (non-hydrogen) atoms. The van der Waals surface area contributed by atoms with Gasteiger partial charge in [0.2, 0.25) is 0 Å². The molecule has 0 aromatic carbocycles. The first-order valence-electron chi connectivity index (χ1n) is 7.93. The second-order valence-corrected chi connectivity index (χ2v) is 7.53. The molecule has 1 saturated heterocycles. The average Bonchev–Trinajstić information content (AvgIpc) is 2.73. The minimum absolute atomic E-state index is 0.0445. The lowest BCUT2D eigenvalue weighted by Crippen LogP contribution is -2.41. The minimum Gasteiger partial charge on any atom is -0.398 e. The van der Waals surface area contributed by atoms with Crippen LogP contribution in [0.1, 0.15) is 38.8 Å². The topological polar surface area (TPSA) is 52.8 Å². The first-order valence-corrected chi connectivity index (χ1v) is 8.31. The third-order valence-electron chi connectivity index (χ3n) is 4.72. The van der Waals surface area contributed by atoms with Crippen molar-refractivity contribution in [1.29, 1.82) is 0 Å². The molecule has 5 nitrogen and oxygen atoms in total. The van der Waals surface area contributed by atoms with Gasteiger partial charge in [-0.05, 0) is 52.3 Å². The zero-order valence-electron chi connectivity index (χ0n) is 14.8. The van der Waals surface area contributed by atoms with Gasteiger partial charge in [-0.2, -0.15) is 0 Å². The van der Waals surface area contributed by atoms with Gasteiger partial charge in [0.1, 0.15) is 16.5 Å². The highest BCUT2D eigenvalue weighted by molar-refractivity contribution is 6.54. The van der Waals surface area contributed by atoms with E-state index < -0.39 is 29.6 Å². The number of rotatable bonds is 2. The predicted octanol–water partition coefficient (Wildman–Crippen LogP) is 3.60. The van der Waals surface area contributed by atoms with Gasteiger partial charge in [-0.1, -0.05) is 17.7 Å². The number of fused-ring (bicyclic) bond motifs is 1. The van der Waals surface area contributed by atoms with Gasteiger partial charge < -0.3 is 9.31 Å². The number of aromatic nitrogens is 2. The summed E-state index contributed by atoms with van der Waals surface area (Å²) in [5.74, 6) is 0. The molecule has 0 aliphatic carbocycles. The Balaban J connectivity index is 2.05. The molecule has 3 heterocycles. The largest absolute Gasteiger partial charge is 0.525 e. The Morgan fingerprint density at radius 3 is 2.48 bits per heavy atom. The molecule has 0 spiro atoms. The van der Waals surface area contributed by atoms with Gasteiger partial charge in [0.05, 0.1) is 16.8 Å². The Hall–Kier alpha value is -1.70. The highest BCUT2D eigenvalue weighted by atomic mass is 35.5. The van der Waals surface area contributed by atoms with Gasteiger partial charge in [-0.15, -0.1) is 0 Å². The number of pyridine rings is 1. The van der Waals surface area contributed by atoms with Gasteiger partial charge in [0.25, 0.3) is 5.56 Å². The molecule has 0 amide bonds. The number of halogens is 2. The summed E-state index contributed by atoms with van der Waals surface area (Å²) in [6.45, 7) is 9.14. The summed E-state index contributed by atoms with van der Waals surface area (Å²) in [6, 6.07) is 3.50. The molecule has 0 radical (unpaired) electrons. The van der Waals surface area contributed by atoms with Crippen LogP contribution in [0.15, 0.2) is 28.9 Å². The third kappa shape index (κ3) is 3.12. The summed E-state index contributed by atoms with van der Waals surface area (Å²) in [6.07, 6.45) is 2.67. The molecule has 2 aromatic rings. The van der Waals surface area contributed by atoms with Gasteiger partial charge in [-0.3, -0.25) is 9.20 Å².